The van der Waals surface area contributed by atoms with Gasteiger partial charge in [-0.3, -0.25) is 4.79 Å². The Morgan fingerprint density at radius 2 is 1.81 bits per heavy atom. The Bertz CT molecular complexity index is 1240. The summed E-state index contributed by atoms with van der Waals surface area (Å²) in [6, 6.07) is -0.153. The molecule has 11 nitrogen and oxygen atoms in total. The highest BCUT2D eigenvalue weighted by Gasteiger charge is 2.52. The second-order valence-electron chi connectivity index (χ2n) is 10.1. The van der Waals surface area contributed by atoms with Crippen molar-refractivity contribution in [3.8, 4) is 11.3 Å². The number of ether oxygens (including phenoxy) is 2. The zero-order chi connectivity index (χ0) is 31.0. The number of rotatable bonds is 8. The summed E-state index contributed by atoms with van der Waals surface area (Å²) in [5.41, 5.74) is -3.77. The maximum absolute atomic E-state index is 13.8. The van der Waals surface area contributed by atoms with Gasteiger partial charge in [-0.05, 0) is 12.1 Å². The van der Waals surface area contributed by atoms with Crippen molar-refractivity contribution in [1.82, 2.24) is 19.9 Å². The highest BCUT2D eigenvalue weighted by atomic mass is 32.2. The third kappa shape index (κ3) is 6.84. The van der Waals surface area contributed by atoms with E-state index < -0.39 is 83.3 Å². The van der Waals surface area contributed by atoms with Gasteiger partial charge < -0.3 is 34.8 Å². The normalized spacial score (nSPS) is 27.1. The number of alkyl halides is 3. The minimum atomic E-state index is -4.74. The van der Waals surface area contributed by atoms with Crippen LogP contribution in [0.3, 0.4) is 0 Å². The number of amides is 1. The first-order valence-electron chi connectivity index (χ1n) is 12.6. The summed E-state index contributed by atoms with van der Waals surface area (Å²) < 4.78 is 91.9. The Kier molecular flexibility index (Phi) is 9.75. The first-order valence-corrected chi connectivity index (χ1v) is 13.6. The van der Waals surface area contributed by atoms with Crippen LogP contribution in [0.2, 0.25) is 0 Å². The number of carbonyl (C=O) groups is 1. The van der Waals surface area contributed by atoms with Crippen molar-refractivity contribution in [2.45, 2.75) is 59.7 Å². The molecule has 4 rings (SSSR count). The molecular formula is C24H28F6N4O7S. The summed E-state index contributed by atoms with van der Waals surface area (Å²) in [6.45, 7) is -2.41. The summed E-state index contributed by atoms with van der Waals surface area (Å²) in [7, 11) is 0.908. The molecule has 0 aliphatic carbocycles. The van der Waals surface area contributed by atoms with E-state index in [0.717, 1.165) is 17.9 Å². The van der Waals surface area contributed by atoms with Gasteiger partial charge in [0.15, 0.2) is 17.5 Å². The van der Waals surface area contributed by atoms with Gasteiger partial charge in [0, 0.05) is 38.7 Å². The van der Waals surface area contributed by atoms with E-state index in [2.05, 4.69) is 10.3 Å². The predicted molar refractivity (Wildman–Crippen MR) is 132 cm³/mol. The topological polar surface area (TPSA) is 150 Å². The molecule has 0 spiro atoms. The lowest BCUT2D eigenvalue weighted by molar-refractivity contribution is -0.179. The van der Waals surface area contributed by atoms with E-state index in [1.807, 2.05) is 0 Å². The number of benzene rings is 1. The van der Waals surface area contributed by atoms with Crippen LogP contribution in [0.15, 0.2) is 18.3 Å². The maximum Gasteiger partial charge on any atom is 0.406 e. The van der Waals surface area contributed by atoms with Gasteiger partial charge in [-0.25, -0.2) is 17.9 Å². The van der Waals surface area contributed by atoms with Crippen LogP contribution in [-0.4, -0.2) is 120 Å². The predicted octanol–water partition coefficient (Wildman–Crippen LogP) is 1.01. The lowest BCUT2D eigenvalue weighted by Gasteiger charge is -2.45. The maximum atomic E-state index is 13.8. The molecule has 4 N–H and O–H groups in total. The lowest BCUT2D eigenvalue weighted by atomic mass is 9.89. The van der Waals surface area contributed by atoms with E-state index in [1.165, 1.54) is 0 Å². The zero-order valence-corrected chi connectivity index (χ0v) is 22.7. The fourth-order valence-corrected chi connectivity index (χ4v) is 6.42. The molecule has 0 radical (unpaired) electrons. The van der Waals surface area contributed by atoms with Crippen molar-refractivity contribution in [2.24, 2.45) is 0 Å². The number of aliphatic hydroxyl groups is 4. The molecule has 0 saturated carbocycles. The van der Waals surface area contributed by atoms with Gasteiger partial charge in [0.05, 0.1) is 18.4 Å². The average Bonchev–Trinajstić information content (AvgIpc) is 3.40. The van der Waals surface area contributed by atoms with Crippen molar-refractivity contribution in [1.29, 1.82) is 0 Å². The molecule has 1 unspecified atom stereocenters. The van der Waals surface area contributed by atoms with Crippen molar-refractivity contribution >= 4 is 17.7 Å². The van der Waals surface area contributed by atoms with Gasteiger partial charge >= 0.3 is 6.18 Å². The average molecular weight is 631 g/mol. The summed E-state index contributed by atoms with van der Waals surface area (Å²) in [5.74, 6) is -5.81. The Morgan fingerprint density at radius 3 is 2.38 bits per heavy atom. The molecule has 42 heavy (non-hydrogen) atoms. The number of halogens is 6. The molecule has 18 heteroatoms. The van der Waals surface area contributed by atoms with Gasteiger partial charge in [-0.2, -0.15) is 13.2 Å². The minimum absolute atomic E-state index is 0.00478. The molecule has 2 aliphatic heterocycles. The van der Waals surface area contributed by atoms with Crippen LogP contribution in [0.25, 0.3) is 11.3 Å². The SMILES string of the molecule is CN(CC(F)(F)F)C(=O)C(S[C@@H]1O[C@H](CO)[C@H](O)[C@H](n2cc(-c3cc(F)c(F)c(F)c3)nn2)[C@H]1O)C1(O)CCOCC1. The smallest absolute Gasteiger partial charge is 0.394 e. The number of thioether (sulfide) groups is 1. The molecule has 1 aromatic heterocycles. The van der Waals surface area contributed by atoms with Crippen LogP contribution in [0.5, 0.6) is 0 Å². The molecule has 2 fully saturated rings. The minimum Gasteiger partial charge on any atom is -0.394 e. The molecule has 3 heterocycles. The molecule has 2 saturated heterocycles. The van der Waals surface area contributed by atoms with E-state index in [4.69, 9.17) is 9.47 Å². The number of aromatic nitrogens is 3. The van der Waals surface area contributed by atoms with Crippen molar-refractivity contribution in [3.63, 3.8) is 0 Å². The number of carbonyl (C=O) groups excluding carboxylic acids is 1. The first kappa shape index (κ1) is 32.4. The van der Waals surface area contributed by atoms with Crippen LogP contribution in [0.1, 0.15) is 18.9 Å². The van der Waals surface area contributed by atoms with Crippen LogP contribution >= 0.6 is 11.8 Å². The Labute approximate surface area is 239 Å². The molecule has 1 amide bonds. The monoisotopic (exact) mass is 630 g/mol. The van der Waals surface area contributed by atoms with Gasteiger partial charge in [0.2, 0.25) is 5.91 Å². The van der Waals surface area contributed by atoms with E-state index in [9.17, 15) is 51.6 Å². The fourth-order valence-electron chi connectivity index (χ4n) is 4.83. The fraction of sp³-hybridized carbons (Fsp3) is 0.625. The van der Waals surface area contributed by atoms with Crippen LogP contribution in [0, 0.1) is 17.5 Å². The van der Waals surface area contributed by atoms with E-state index in [0.29, 0.717) is 28.8 Å². The van der Waals surface area contributed by atoms with Gasteiger partial charge in [-0.15, -0.1) is 16.9 Å². The Balaban J connectivity index is 1.65. The van der Waals surface area contributed by atoms with Gasteiger partial charge in [0.1, 0.15) is 47.3 Å². The highest BCUT2D eigenvalue weighted by Crippen LogP contribution is 2.42. The number of hydrogen-bond acceptors (Lipinski definition) is 10. The van der Waals surface area contributed by atoms with Gasteiger partial charge in [0.25, 0.3) is 0 Å². The van der Waals surface area contributed by atoms with E-state index in [-0.39, 0.29) is 37.3 Å². The van der Waals surface area contributed by atoms with Crippen molar-refractivity contribution in [2.75, 3.05) is 33.4 Å². The summed E-state index contributed by atoms with van der Waals surface area (Å²) >= 11 is 0.509. The van der Waals surface area contributed by atoms with Crippen LogP contribution in [-0.2, 0) is 14.3 Å². The van der Waals surface area contributed by atoms with E-state index in [1.54, 1.807) is 0 Å². The molecule has 0 bridgehead atoms. The molecular weight excluding hydrogens is 602 g/mol. The lowest BCUT2D eigenvalue weighted by Crippen LogP contribution is -2.58. The van der Waals surface area contributed by atoms with Crippen LogP contribution in [0.4, 0.5) is 26.3 Å². The summed E-state index contributed by atoms with van der Waals surface area (Å²) in [5, 5.41) is 49.2. The highest BCUT2D eigenvalue weighted by molar-refractivity contribution is 8.01. The van der Waals surface area contributed by atoms with Crippen molar-refractivity contribution in [3.05, 3.63) is 35.8 Å². The molecule has 2 aromatic rings. The number of hydrogen-bond donors (Lipinski definition) is 4. The Morgan fingerprint density at radius 1 is 1.19 bits per heavy atom. The molecule has 6 atom stereocenters. The quantitative estimate of drug-likeness (QED) is 0.246. The Hall–Kier alpha value is -2.48. The number of nitrogens with zero attached hydrogens (tertiary/aromatic N) is 4. The summed E-state index contributed by atoms with van der Waals surface area (Å²) in [4.78, 5) is 13.7. The molecule has 234 valence electrons. The molecule has 1 aromatic carbocycles. The third-order valence-corrected chi connectivity index (χ3v) is 8.65. The van der Waals surface area contributed by atoms with Crippen molar-refractivity contribution < 1.29 is 61.0 Å². The van der Waals surface area contributed by atoms with E-state index >= 15 is 0 Å². The third-order valence-electron chi connectivity index (χ3n) is 7.08. The van der Waals surface area contributed by atoms with Gasteiger partial charge in [-0.1, -0.05) is 5.21 Å². The standard InChI is InChI=1S/C24H28F6N4O7S/c1-33(10-24(28,29)30)21(38)20(23(39)2-4-40-5-3-23)42-22-19(37)17(18(36)15(9-35)41-22)34-8-14(31-32-34)11-6-12(25)16(27)13(26)7-11/h6-8,15,17-20,22,35-37,39H,2-5,9-10H2,1H3/t15-,17+,18+,19-,20?,22+/m1/s1. The summed E-state index contributed by atoms with van der Waals surface area (Å²) in [6.07, 6.45) is -8.73. The number of aliphatic hydroxyl groups excluding tert-OH is 3. The zero-order valence-electron chi connectivity index (χ0n) is 21.9. The largest absolute Gasteiger partial charge is 0.406 e. The second-order valence-corrected chi connectivity index (χ2v) is 11.3. The molecule has 2 aliphatic rings. The second kappa shape index (κ2) is 12.6. The first-order chi connectivity index (χ1) is 19.6. The van der Waals surface area contributed by atoms with Crippen LogP contribution < -0.4 is 0 Å².